The normalized spacial score (nSPS) is 11.2. The monoisotopic (exact) mass is 386 g/mol. The number of rotatable bonds is 1. The number of fused-ring (bicyclic) bond motifs is 3. The Bertz CT molecular complexity index is 904. The molecule has 1 heterocycles. The maximum Gasteiger partial charge on any atom is 0.0355 e. The van der Waals surface area contributed by atoms with Gasteiger partial charge in [0.25, 0.3) is 0 Å². The van der Waals surface area contributed by atoms with Crippen molar-refractivity contribution in [1.82, 2.24) is 0 Å². The topological polar surface area (TPSA) is 0 Å². The van der Waals surface area contributed by atoms with Crippen molar-refractivity contribution in [1.29, 1.82) is 0 Å². The summed E-state index contributed by atoms with van der Waals surface area (Å²) in [5.74, 6) is 0. The van der Waals surface area contributed by atoms with E-state index in [9.17, 15) is 0 Å². The molecule has 0 radical (unpaired) electrons. The molecule has 4 rings (SSSR count). The summed E-state index contributed by atoms with van der Waals surface area (Å²) in [7, 11) is 0. The summed E-state index contributed by atoms with van der Waals surface area (Å²) in [5, 5.41) is 2.72. The Morgan fingerprint density at radius 3 is 2.20 bits per heavy atom. The standard InChI is InChI=1S/C18H11IS/c19-14-8-5-12(6-9-14)13-7-10-18-16(11-13)15-3-1-2-4-17(15)20-18/h1-11H. The summed E-state index contributed by atoms with van der Waals surface area (Å²) >= 11 is 4.21. The van der Waals surface area contributed by atoms with Gasteiger partial charge < -0.3 is 0 Å². The fourth-order valence-electron chi connectivity index (χ4n) is 2.55. The first-order chi connectivity index (χ1) is 9.81. The predicted molar refractivity (Wildman–Crippen MR) is 97.5 cm³/mol. The van der Waals surface area contributed by atoms with Crippen LogP contribution in [0.15, 0.2) is 66.7 Å². The third-order valence-electron chi connectivity index (χ3n) is 3.55. The lowest BCUT2D eigenvalue weighted by Crippen LogP contribution is -1.78. The summed E-state index contributed by atoms with van der Waals surface area (Å²) in [5.41, 5.74) is 2.57. The van der Waals surface area contributed by atoms with E-state index < -0.39 is 0 Å². The Morgan fingerprint density at radius 2 is 1.35 bits per heavy atom. The second-order valence-electron chi connectivity index (χ2n) is 4.82. The molecule has 1 aromatic heterocycles. The smallest absolute Gasteiger partial charge is 0.0355 e. The van der Waals surface area contributed by atoms with Crippen molar-refractivity contribution in [3.8, 4) is 11.1 Å². The lowest BCUT2D eigenvalue weighted by atomic mass is 10.0. The molecule has 0 N–H and O–H groups in total. The third-order valence-corrected chi connectivity index (χ3v) is 5.43. The molecule has 0 aliphatic carbocycles. The van der Waals surface area contributed by atoms with Gasteiger partial charge in [0.15, 0.2) is 0 Å². The quantitative estimate of drug-likeness (QED) is 0.336. The van der Waals surface area contributed by atoms with Crippen LogP contribution < -0.4 is 0 Å². The predicted octanol–water partition coefficient (Wildman–Crippen LogP) is 6.33. The highest BCUT2D eigenvalue weighted by atomic mass is 127. The van der Waals surface area contributed by atoms with E-state index in [0.29, 0.717) is 0 Å². The van der Waals surface area contributed by atoms with Gasteiger partial charge in [-0.05, 0) is 64.0 Å². The molecular formula is C18H11IS. The lowest BCUT2D eigenvalue weighted by molar-refractivity contribution is 1.61. The minimum absolute atomic E-state index is 1.27. The van der Waals surface area contributed by atoms with Crippen LogP contribution in [0.4, 0.5) is 0 Å². The molecule has 0 saturated carbocycles. The summed E-state index contributed by atoms with van der Waals surface area (Å²) in [6.45, 7) is 0. The summed E-state index contributed by atoms with van der Waals surface area (Å²) in [4.78, 5) is 0. The fourth-order valence-corrected chi connectivity index (χ4v) is 3.99. The second-order valence-corrected chi connectivity index (χ2v) is 7.15. The van der Waals surface area contributed by atoms with Crippen molar-refractivity contribution in [2.45, 2.75) is 0 Å². The Labute approximate surface area is 135 Å². The minimum Gasteiger partial charge on any atom is -0.135 e. The first kappa shape index (κ1) is 12.4. The largest absolute Gasteiger partial charge is 0.135 e. The van der Waals surface area contributed by atoms with Crippen molar-refractivity contribution in [3.63, 3.8) is 0 Å². The molecule has 0 unspecified atom stereocenters. The van der Waals surface area contributed by atoms with E-state index >= 15 is 0 Å². The molecule has 0 nitrogen and oxygen atoms in total. The molecule has 4 aromatic rings. The molecule has 0 atom stereocenters. The number of hydrogen-bond donors (Lipinski definition) is 0. The van der Waals surface area contributed by atoms with Crippen molar-refractivity contribution in [3.05, 3.63) is 70.3 Å². The van der Waals surface area contributed by atoms with Gasteiger partial charge >= 0.3 is 0 Å². The van der Waals surface area contributed by atoms with E-state index in [1.165, 1.54) is 34.9 Å². The molecule has 0 bridgehead atoms. The van der Waals surface area contributed by atoms with Crippen molar-refractivity contribution < 1.29 is 0 Å². The molecule has 0 fully saturated rings. The van der Waals surface area contributed by atoms with Crippen LogP contribution in [0.1, 0.15) is 0 Å². The van der Waals surface area contributed by atoms with E-state index in [-0.39, 0.29) is 0 Å². The van der Waals surface area contributed by atoms with Crippen LogP contribution in [0.5, 0.6) is 0 Å². The summed E-state index contributed by atoms with van der Waals surface area (Å²) < 4.78 is 4.00. The van der Waals surface area contributed by atoms with Crippen LogP contribution in [0.2, 0.25) is 0 Å². The number of thiophene rings is 1. The molecule has 96 valence electrons. The van der Waals surface area contributed by atoms with Crippen molar-refractivity contribution >= 4 is 54.1 Å². The van der Waals surface area contributed by atoms with Crippen LogP contribution in [0.3, 0.4) is 0 Å². The van der Waals surface area contributed by atoms with Crippen LogP contribution in [-0.4, -0.2) is 0 Å². The Kier molecular flexibility index (Phi) is 3.00. The zero-order chi connectivity index (χ0) is 13.5. The number of hydrogen-bond acceptors (Lipinski definition) is 1. The average Bonchev–Trinajstić information content (AvgIpc) is 2.86. The van der Waals surface area contributed by atoms with E-state index in [0.717, 1.165) is 0 Å². The summed E-state index contributed by atoms with van der Waals surface area (Å²) in [6.07, 6.45) is 0. The first-order valence-corrected chi connectivity index (χ1v) is 8.38. The molecule has 0 spiro atoms. The van der Waals surface area contributed by atoms with Gasteiger partial charge in [0.1, 0.15) is 0 Å². The number of halogens is 1. The molecular weight excluding hydrogens is 375 g/mol. The third kappa shape index (κ3) is 2.03. The highest BCUT2D eigenvalue weighted by molar-refractivity contribution is 14.1. The maximum absolute atomic E-state index is 2.34. The van der Waals surface area contributed by atoms with Crippen LogP contribution in [0, 0.1) is 3.57 Å². The maximum atomic E-state index is 2.34. The zero-order valence-electron chi connectivity index (χ0n) is 10.6. The highest BCUT2D eigenvalue weighted by Crippen LogP contribution is 2.36. The molecule has 20 heavy (non-hydrogen) atoms. The van der Waals surface area contributed by atoms with Crippen LogP contribution in [-0.2, 0) is 0 Å². The van der Waals surface area contributed by atoms with Gasteiger partial charge in [-0.25, -0.2) is 0 Å². The van der Waals surface area contributed by atoms with Gasteiger partial charge in [0, 0.05) is 23.7 Å². The SMILES string of the molecule is Ic1ccc(-c2ccc3sc4ccccc4c3c2)cc1. The fraction of sp³-hybridized carbons (Fsp3) is 0. The molecule has 0 aliphatic rings. The lowest BCUT2D eigenvalue weighted by Gasteiger charge is -2.02. The van der Waals surface area contributed by atoms with E-state index in [4.69, 9.17) is 0 Å². The molecule has 0 aliphatic heterocycles. The Balaban J connectivity index is 1.97. The minimum atomic E-state index is 1.27. The van der Waals surface area contributed by atoms with Gasteiger partial charge in [-0.3, -0.25) is 0 Å². The van der Waals surface area contributed by atoms with Gasteiger partial charge in [0.05, 0.1) is 0 Å². The number of benzene rings is 3. The van der Waals surface area contributed by atoms with Crippen molar-refractivity contribution in [2.24, 2.45) is 0 Å². The molecule has 0 amide bonds. The van der Waals surface area contributed by atoms with Gasteiger partial charge in [-0.2, -0.15) is 0 Å². The van der Waals surface area contributed by atoms with Crippen molar-refractivity contribution in [2.75, 3.05) is 0 Å². The Morgan fingerprint density at radius 1 is 0.650 bits per heavy atom. The van der Waals surface area contributed by atoms with Crippen LogP contribution in [0.25, 0.3) is 31.3 Å². The molecule has 0 saturated heterocycles. The summed E-state index contributed by atoms with van der Waals surface area (Å²) in [6, 6.07) is 24.1. The van der Waals surface area contributed by atoms with Gasteiger partial charge in [-0.15, -0.1) is 11.3 Å². The van der Waals surface area contributed by atoms with Gasteiger partial charge in [0.2, 0.25) is 0 Å². The molecule has 2 heteroatoms. The highest BCUT2D eigenvalue weighted by Gasteiger charge is 2.06. The van der Waals surface area contributed by atoms with E-state index in [1.807, 2.05) is 11.3 Å². The zero-order valence-corrected chi connectivity index (χ0v) is 13.6. The van der Waals surface area contributed by atoms with Crippen LogP contribution >= 0.6 is 33.9 Å². The molecule has 3 aromatic carbocycles. The first-order valence-electron chi connectivity index (χ1n) is 6.48. The average molecular weight is 386 g/mol. The van der Waals surface area contributed by atoms with E-state index in [1.54, 1.807) is 0 Å². The van der Waals surface area contributed by atoms with E-state index in [2.05, 4.69) is 89.3 Å². The second kappa shape index (κ2) is 4.86. The van der Waals surface area contributed by atoms with Gasteiger partial charge in [-0.1, -0.05) is 36.4 Å². The Hall–Kier alpha value is -1.39.